The van der Waals surface area contributed by atoms with Crippen molar-refractivity contribution in [1.29, 1.82) is 0 Å². The molecule has 162 valence electrons. The van der Waals surface area contributed by atoms with E-state index in [4.69, 9.17) is 28.4 Å². The lowest BCUT2D eigenvalue weighted by molar-refractivity contribution is 0.414. The van der Waals surface area contributed by atoms with Crippen molar-refractivity contribution in [2.45, 2.75) is 4.90 Å². The standard InChI is InChI=1S/C9H4BrNS.C8H6.C7H7ClO3S/c1-11-9-8(10)6-4-2-3-5-7(6)12-9;1-2-8-6-4-3-5-7-8;1-11-6-2-4-7(5-3-6)12(8,9)10/h2-5H;1,3-7H;2-5H,1H3. The molecule has 0 aliphatic heterocycles. The van der Waals surface area contributed by atoms with Gasteiger partial charge in [0.15, 0.2) is 0 Å². The Hall–Kier alpha value is -2.81. The number of thiophene rings is 1. The van der Waals surface area contributed by atoms with Crippen LogP contribution in [0.5, 0.6) is 5.75 Å². The fourth-order valence-corrected chi connectivity index (χ4v) is 4.80. The molecule has 0 aliphatic carbocycles. The molecule has 1 heterocycles. The zero-order valence-electron chi connectivity index (χ0n) is 16.8. The number of halogens is 2. The van der Waals surface area contributed by atoms with Crippen LogP contribution < -0.4 is 4.74 Å². The van der Waals surface area contributed by atoms with Crippen molar-refractivity contribution in [3.63, 3.8) is 0 Å². The molecule has 0 radical (unpaired) electrons. The van der Waals surface area contributed by atoms with Gasteiger partial charge >= 0.3 is 0 Å². The number of terminal acetylenes is 1. The summed E-state index contributed by atoms with van der Waals surface area (Å²) in [5.41, 5.74) is 0.938. The molecule has 32 heavy (non-hydrogen) atoms. The molecule has 0 saturated carbocycles. The van der Waals surface area contributed by atoms with Gasteiger partial charge in [-0.15, -0.1) is 6.42 Å². The average Bonchev–Trinajstić information content (AvgIpc) is 3.16. The summed E-state index contributed by atoms with van der Waals surface area (Å²) in [6.07, 6.45) is 5.10. The minimum Gasteiger partial charge on any atom is -0.497 e. The quantitative estimate of drug-likeness (QED) is 0.148. The van der Waals surface area contributed by atoms with Crippen LogP contribution >= 0.6 is 37.9 Å². The molecule has 8 heteroatoms. The summed E-state index contributed by atoms with van der Waals surface area (Å²) < 4.78 is 28.4. The summed E-state index contributed by atoms with van der Waals surface area (Å²) in [7, 11) is 2.98. The van der Waals surface area contributed by atoms with Crippen molar-refractivity contribution in [2.24, 2.45) is 0 Å². The van der Waals surface area contributed by atoms with Gasteiger partial charge in [0.25, 0.3) is 14.1 Å². The average molecular weight is 547 g/mol. The number of rotatable bonds is 2. The van der Waals surface area contributed by atoms with Crippen molar-refractivity contribution in [3.8, 4) is 18.1 Å². The van der Waals surface area contributed by atoms with Crippen LogP contribution in [0.4, 0.5) is 5.00 Å². The van der Waals surface area contributed by atoms with E-state index in [0.717, 1.165) is 25.1 Å². The van der Waals surface area contributed by atoms with Crippen LogP contribution in [-0.2, 0) is 9.05 Å². The van der Waals surface area contributed by atoms with Crippen LogP contribution in [0.3, 0.4) is 0 Å². The summed E-state index contributed by atoms with van der Waals surface area (Å²) in [5.74, 6) is 3.12. The summed E-state index contributed by atoms with van der Waals surface area (Å²) in [4.78, 5) is 3.50. The Bertz CT molecular complexity index is 1350. The van der Waals surface area contributed by atoms with Crippen LogP contribution in [0.1, 0.15) is 5.56 Å². The van der Waals surface area contributed by atoms with Gasteiger partial charge in [0, 0.05) is 25.4 Å². The first-order chi connectivity index (χ1) is 15.3. The van der Waals surface area contributed by atoms with E-state index in [2.05, 4.69) is 26.7 Å². The molecule has 0 atom stereocenters. The van der Waals surface area contributed by atoms with Crippen LogP contribution in [0.2, 0.25) is 0 Å². The smallest absolute Gasteiger partial charge is 0.261 e. The molecule has 0 saturated heterocycles. The van der Waals surface area contributed by atoms with E-state index >= 15 is 0 Å². The molecule has 0 spiro atoms. The van der Waals surface area contributed by atoms with E-state index in [9.17, 15) is 8.42 Å². The zero-order valence-corrected chi connectivity index (χ0v) is 20.8. The molecule has 3 aromatic carbocycles. The number of ether oxygens (including phenoxy) is 1. The fraction of sp³-hybridized carbons (Fsp3) is 0.0417. The second kappa shape index (κ2) is 12.3. The maximum absolute atomic E-state index is 10.8. The highest BCUT2D eigenvalue weighted by atomic mass is 79.9. The van der Waals surface area contributed by atoms with Crippen molar-refractivity contribution >= 4 is 62.1 Å². The van der Waals surface area contributed by atoms with Crippen molar-refractivity contribution in [1.82, 2.24) is 0 Å². The number of hydrogen-bond acceptors (Lipinski definition) is 4. The molecule has 0 unspecified atom stereocenters. The molecule has 0 fully saturated rings. The third kappa shape index (κ3) is 7.40. The van der Waals surface area contributed by atoms with Crippen molar-refractivity contribution < 1.29 is 13.2 Å². The number of hydrogen-bond donors (Lipinski definition) is 0. The molecule has 0 amide bonds. The van der Waals surface area contributed by atoms with E-state index in [0.29, 0.717) is 5.75 Å². The molecular weight excluding hydrogens is 530 g/mol. The lowest BCUT2D eigenvalue weighted by Crippen LogP contribution is -1.90. The Balaban J connectivity index is 0.000000174. The highest BCUT2D eigenvalue weighted by Gasteiger charge is 2.08. The van der Waals surface area contributed by atoms with Crippen LogP contribution in [0.15, 0.2) is 88.2 Å². The van der Waals surface area contributed by atoms with Gasteiger partial charge in [-0.25, -0.2) is 13.3 Å². The minimum absolute atomic E-state index is 0.0740. The maximum atomic E-state index is 10.8. The first kappa shape index (κ1) is 25.5. The molecule has 4 aromatic rings. The molecule has 0 N–H and O–H groups in total. The van der Waals surface area contributed by atoms with Gasteiger partial charge in [-0.05, 0) is 47.9 Å². The van der Waals surface area contributed by atoms with Gasteiger partial charge in [0.1, 0.15) is 5.75 Å². The second-order valence-electron chi connectivity index (χ2n) is 5.95. The third-order valence-corrected chi connectivity index (χ3v) is 7.40. The topological polar surface area (TPSA) is 47.7 Å². The third-order valence-electron chi connectivity index (χ3n) is 3.90. The number of methoxy groups -OCH3 is 1. The lowest BCUT2D eigenvalue weighted by Gasteiger charge is -1.99. The highest BCUT2D eigenvalue weighted by molar-refractivity contribution is 9.10. The molecular formula is C24H17BrClNO3S2. The Morgan fingerprint density at radius 2 is 1.62 bits per heavy atom. The van der Waals surface area contributed by atoms with Crippen LogP contribution in [0.25, 0.3) is 14.9 Å². The molecule has 4 nitrogen and oxygen atoms in total. The Labute approximate surface area is 204 Å². The van der Waals surface area contributed by atoms with Gasteiger partial charge in [0.2, 0.25) is 0 Å². The first-order valence-electron chi connectivity index (χ1n) is 8.95. The van der Waals surface area contributed by atoms with Crippen molar-refractivity contribution in [3.05, 3.63) is 100 Å². The predicted molar refractivity (Wildman–Crippen MR) is 136 cm³/mol. The zero-order chi connectivity index (χ0) is 23.6. The van der Waals surface area contributed by atoms with E-state index in [1.54, 1.807) is 0 Å². The Kier molecular flexibility index (Phi) is 9.77. The largest absolute Gasteiger partial charge is 0.497 e. The van der Waals surface area contributed by atoms with E-state index in [1.165, 1.54) is 42.7 Å². The number of fused-ring (bicyclic) bond motifs is 1. The van der Waals surface area contributed by atoms with Gasteiger partial charge < -0.3 is 4.74 Å². The van der Waals surface area contributed by atoms with E-state index in [-0.39, 0.29) is 4.90 Å². The number of benzene rings is 3. The maximum Gasteiger partial charge on any atom is 0.261 e. The molecule has 0 aliphatic rings. The van der Waals surface area contributed by atoms with Crippen LogP contribution in [0, 0.1) is 18.9 Å². The van der Waals surface area contributed by atoms with Gasteiger partial charge in [-0.3, -0.25) is 0 Å². The highest BCUT2D eigenvalue weighted by Crippen LogP contribution is 2.41. The second-order valence-corrected chi connectivity index (χ2v) is 10.3. The van der Waals surface area contributed by atoms with Gasteiger partial charge in [-0.2, -0.15) is 11.3 Å². The van der Waals surface area contributed by atoms with E-state index in [1.807, 2.05) is 54.6 Å². The Morgan fingerprint density at radius 1 is 1.03 bits per heavy atom. The molecule has 1 aromatic heterocycles. The monoisotopic (exact) mass is 545 g/mol. The molecule has 4 rings (SSSR count). The predicted octanol–water partition coefficient (Wildman–Crippen LogP) is 7.51. The SMILES string of the molecule is C#Cc1ccccc1.COc1ccc(S(=O)(=O)Cl)cc1.[C-]#[N+]c1sc2ccccc2c1Br. The summed E-state index contributed by atoms with van der Waals surface area (Å²) in [6, 6.07) is 23.5. The van der Waals surface area contributed by atoms with Gasteiger partial charge in [-0.1, -0.05) is 58.2 Å². The van der Waals surface area contributed by atoms with E-state index < -0.39 is 9.05 Å². The lowest BCUT2D eigenvalue weighted by atomic mass is 10.2. The first-order valence-corrected chi connectivity index (χ1v) is 12.9. The van der Waals surface area contributed by atoms with Crippen molar-refractivity contribution in [2.75, 3.05) is 7.11 Å². The van der Waals surface area contributed by atoms with Crippen LogP contribution in [-0.4, -0.2) is 15.5 Å². The van der Waals surface area contributed by atoms with Gasteiger partial charge in [0.05, 0.1) is 18.6 Å². The summed E-state index contributed by atoms with van der Waals surface area (Å²) in [5, 5.41) is 1.87. The minimum atomic E-state index is -3.61. The number of nitrogens with zero attached hydrogens (tertiary/aromatic N) is 1. The fourth-order valence-electron chi connectivity index (χ4n) is 2.35. The molecule has 0 bridgehead atoms. The summed E-state index contributed by atoms with van der Waals surface area (Å²) in [6.45, 7) is 6.92. The summed E-state index contributed by atoms with van der Waals surface area (Å²) >= 11 is 4.93. The Morgan fingerprint density at radius 3 is 2.09 bits per heavy atom. The normalized spacial score (nSPS) is 9.91.